The van der Waals surface area contributed by atoms with Crippen molar-refractivity contribution in [2.24, 2.45) is 0 Å². The minimum Gasteiger partial charge on any atom is -0.378 e. The first kappa shape index (κ1) is 14.2. The van der Waals surface area contributed by atoms with Gasteiger partial charge in [-0.25, -0.2) is 4.39 Å². The number of hydrogen-bond donors (Lipinski definition) is 2. The summed E-state index contributed by atoms with van der Waals surface area (Å²) in [6, 6.07) is 10.5. The van der Waals surface area contributed by atoms with Crippen LogP contribution in [0.1, 0.15) is 18.5 Å². The van der Waals surface area contributed by atoms with E-state index in [1.807, 2.05) is 37.4 Å². The molecule has 0 saturated heterocycles. The molecule has 2 N–H and O–H groups in total. The highest BCUT2D eigenvalue weighted by atomic mass is 35.5. The fourth-order valence-electron chi connectivity index (χ4n) is 2.40. The molecule has 0 spiro atoms. The number of nitrogens with one attached hydrogen (secondary N) is 2. The minimum absolute atomic E-state index is 0.0604. The number of fused-ring (bicyclic) bond motifs is 1. The van der Waals surface area contributed by atoms with Crippen molar-refractivity contribution >= 4 is 39.8 Å². The summed E-state index contributed by atoms with van der Waals surface area (Å²) in [5.41, 5.74) is 2.55. The van der Waals surface area contributed by atoms with Crippen LogP contribution >= 0.6 is 23.2 Å². The lowest BCUT2D eigenvalue weighted by atomic mass is 10.1. The topological polar surface area (TPSA) is 27.8 Å². The second-order valence-electron chi connectivity index (χ2n) is 4.90. The summed E-state index contributed by atoms with van der Waals surface area (Å²) >= 11 is 12.2. The Morgan fingerprint density at radius 3 is 2.76 bits per heavy atom. The van der Waals surface area contributed by atoms with Gasteiger partial charge in [-0.3, -0.25) is 0 Å². The summed E-state index contributed by atoms with van der Waals surface area (Å²) in [5.74, 6) is -0.467. The molecular weight excluding hydrogens is 310 g/mol. The van der Waals surface area contributed by atoms with Gasteiger partial charge in [-0.2, -0.15) is 0 Å². The van der Waals surface area contributed by atoms with Gasteiger partial charge >= 0.3 is 0 Å². The van der Waals surface area contributed by atoms with Crippen LogP contribution in [0.2, 0.25) is 10.0 Å². The Kier molecular flexibility index (Phi) is 3.79. The molecule has 0 aliphatic carbocycles. The molecule has 0 aliphatic rings. The van der Waals surface area contributed by atoms with E-state index in [1.54, 1.807) is 0 Å². The molecule has 0 fully saturated rings. The van der Waals surface area contributed by atoms with Gasteiger partial charge in [0.1, 0.15) is 5.82 Å². The van der Waals surface area contributed by atoms with Crippen LogP contribution in [0.4, 0.5) is 10.1 Å². The first-order valence-electron chi connectivity index (χ1n) is 6.53. The molecule has 5 heteroatoms. The fraction of sp³-hybridized carbons (Fsp3) is 0.125. The van der Waals surface area contributed by atoms with Gasteiger partial charge in [0.05, 0.1) is 11.1 Å². The Morgan fingerprint density at radius 2 is 1.95 bits per heavy atom. The van der Waals surface area contributed by atoms with Crippen LogP contribution in [-0.4, -0.2) is 4.98 Å². The number of hydrogen-bond acceptors (Lipinski definition) is 1. The maximum atomic E-state index is 13.6. The molecule has 0 bridgehead atoms. The van der Waals surface area contributed by atoms with E-state index < -0.39 is 5.82 Å². The largest absolute Gasteiger partial charge is 0.378 e. The van der Waals surface area contributed by atoms with E-state index in [-0.39, 0.29) is 11.1 Å². The van der Waals surface area contributed by atoms with Gasteiger partial charge in [-0.1, -0.05) is 23.2 Å². The highest BCUT2D eigenvalue weighted by Crippen LogP contribution is 2.34. The third kappa shape index (κ3) is 2.71. The molecule has 3 rings (SSSR count). The van der Waals surface area contributed by atoms with Crippen molar-refractivity contribution in [2.75, 3.05) is 5.32 Å². The average Bonchev–Trinajstić information content (AvgIpc) is 2.91. The summed E-state index contributed by atoms with van der Waals surface area (Å²) in [5, 5.41) is 4.91. The first-order chi connectivity index (χ1) is 10.1. The number of rotatable bonds is 3. The normalized spacial score (nSPS) is 12.6. The average molecular weight is 323 g/mol. The molecule has 2 aromatic carbocycles. The standard InChI is InChI=1S/C16H13Cl2FN2/c1-9(15-12(17)3-4-13(19)16(15)18)21-11-2-5-14-10(8-11)6-7-20-14/h2-9,20-21H,1H3. The second-order valence-corrected chi connectivity index (χ2v) is 5.69. The summed E-state index contributed by atoms with van der Waals surface area (Å²) in [7, 11) is 0. The molecule has 21 heavy (non-hydrogen) atoms. The molecule has 1 unspecified atom stereocenters. The molecular formula is C16H13Cl2FN2. The summed E-state index contributed by atoms with van der Waals surface area (Å²) < 4.78 is 13.6. The van der Waals surface area contributed by atoms with E-state index in [1.165, 1.54) is 12.1 Å². The molecule has 0 amide bonds. The van der Waals surface area contributed by atoms with Crippen LogP contribution in [0, 0.1) is 5.82 Å². The number of halogens is 3. The Hall–Kier alpha value is -1.71. The maximum Gasteiger partial charge on any atom is 0.142 e. The summed E-state index contributed by atoms with van der Waals surface area (Å²) in [4.78, 5) is 3.14. The third-order valence-corrected chi connectivity index (χ3v) is 4.16. The van der Waals surface area contributed by atoms with Crippen molar-refractivity contribution in [1.29, 1.82) is 0 Å². The van der Waals surface area contributed by atoms with Crippen molar-refractivity contribution in [3.05, 3.63) is 64.0 Å². The lowest BCUT2D eigenvalue weighted by Gasteiger charge is -2.18. The van der Waals surface area contributed by atoms with E-state index in [0.29, 0.717) is 10.6 Å². The lowest BCUT2D eigenvalue weighted by molar-refractivity contribution is 0.624. The van der Waals surface area contributed by atoms with E-state index in [4.69, 9.17) is 23.2 Å². The van der Waals surface area contributed by atoms with E-state index in [2.05, 4.69) is 10.3 Å². The predicted octanol–water partition coefficient (Wildman–Crippen LogP) is 5.79. The zero-order chi connectivity index (χ0) is 15.0. The monoisotopic (exact) mass is 322 g/mol. The van der Waals surface area contributed by atoms with Gasteiger partial charge in [0.15, 0.2) is 0 Å². The Bertz CT molecular complexity index is 798. The highest BCUT2D eigenvalue weighted by molar-refractivity contribution is 6.36. The summed E-state index contributed by atoms with van der Waals surface area (Å²) in [6.45, 7) is 1.90. The van der Waals surface area contributed by atoms with E-state index >= 15 is 0 Å². The van der Waals surface area contributed by atoms with Gasteiger partial charge in [0.2, 0.25) is 0 Å². The first-order valence-corrected chi connectivity index (χ1v) is 7.29. The smallest absolute Gasteiger partial charge is 0.142 e. The lowest BCUT2D eigenvalue weighted by Crippen LogP contribution is -2.08. The highest BCUT2D eigenvalue weighted by Gasteiger charge is 2.17. The van der Waals surface area contributed by atoms with Crippen molar-refractivity contribution in [1.82, 2.24) is 4.98 Å². The molecule has 1 atom stereocenters. The minimum atomic E-state index is -0.467. The molecule has 108 valence electrons. The number of aromatic amines is 1. The molecule has 3 aromatic rings. The van der Waals surface area contributed by atoms with Crippen molar-refractivity contribution in [2.45, 2.75) is 13.0 Å². The van der Waals surface area contributed by atoms with Crippen LogP contribution in [-0.2, 0) is 0 Å². The Balaban J connectivity index is 1.92. The van der Waals surface area contributed by atoms with Crippen LogP contribution < -0.4 is 5.32 Å². The van der Waals surface area contributed by atoms with E-state index in [9.17, 15) is 4.39 Å². The fourth-order valence-corrected chi connectivity index (χ4v) is 3.10. The third-order valence-electron chi connectivity index (χ3n) is 3.45. The second kappa shape index (κ2) is 5.58. The SMILES string of the molecule is CC(Nc1ccc2[nH]ccc2c1)c1c(Cl)ccc(F)c1Cl. The van der Waals surface area contributed by atoms with Crippen molar-refractivity contribution in [3.8, 4) is 0 Å². The quantitative estimate of drug-likeness (QED) is 0.587. The number of aromatic nitrogens is 1. The molecule has 2 nitrogen and oxygen atoms in total. The molecule has 0 radical (unpaired) electrons. The van der Waals surface area contributed by atoms with Gasteiger partial charge in [-0.05, 0) is 43.3 Å². The van der Waals surface area contributed by atoms with Crippen molar-refractivity contribution in [3.63, 3.8) is 0 Å². The Labute approximate surface area is 131 Å². The molecule has 0 aliphatic heterocycles. The zero-order valence-electron chi connectivity index (χ0n) is 11.3. The molecule has 1 heterocycles. The molecule has 0 saturated carbocycles. The summed E-state index contributed by atoms with van der Waals surface area (Å²) in [6.07, 6.45) is 1.89. The maximum absolute atomic E-state index is 13.6. The Morgan fingerprint density at radius 1 is 1.14 bits per heavy atom. The van der Waals surface area contributed by atoms with Crippen LogP contribution in [0.5, 0.6) is 0 Å². The van der Waals surface area contributed by atoms with Gasteiger partial charge in [0.25, 0.3) is 0 Å². The van der Waals surface area contributed by atoms with Crippen molar-refractivity contribution < 1.29 is 4.39 Å². The number of H-pyrrole nitrogens is 1. The number of benzene rings is 2. The zero-order valence-corrected chi connectivity index (χ0v) is 12.8. The van der Waals surface area contributed by atoms with Gasteiger partial charge in [-0.15, -0.1) is 0 Å². The predicted molar refractivity (Wildman–Crippen MR) is 86.8 cm³/mol. The van der Waals surface area contributed by atoms with Gasteiger partial charge < -0.3 is 10.3 Å². The van der Waals surface area contributed by atoms with Crippen LogP contribution in [0.3, 0.4) is 0 Å². The van der Waals surface area contributed by atoms with Crippen LogP contribution in [0.25, 0.3) is 10.9 Å². The number of anilines is 1. The van der Waals surface area contributed by atoms with E-state index in [0.717, 1.165) is 16.6 Å². The molecule has 1 aromatic heterocycles. The van der Waals surface area contributed by atoms with Gasteiger partial charge in [0, 0.05) is 33.4 Å². The van der Waals surface area contributed by atoms with Crippen LogP contribution in [0.15, 0.2) is 42.6 Å².